The SMILES string of the molecule is CC(C)CNC(=O)Cn1cnc(-c2ccco2)cc1=O. The maximum Gasteiger partial charge on any atom is 0.254 e. The van der Waals surface area contributed by atoms with Gasteiger partial charge in [-0.1, -0.05) is 13.8 Å². The fourth-order valence-corrected chi connectivity index (χ4v) is 1.63. The molecule has 0 fully saturated rings. The normalized spacial score (nSPS) is 10.8. The molecule has 0 saturated carbocycles. The van der Waals surface area contributed by atoms with E-state index in [0.29, 0.717) is 23.9 Å². The zero-order chi connectivity index (χ0) is 14.5. The Morgan fingerprint density at radius 3 is 2.90 bits per heavy atom. The Morgan fingerprint density at radius 2 is 2.30 bits per heavy atom. The summed E-state index contributed by atoms with van der Waals surface area (Å²) in [5, 5.41) is 2.76. The minimum absolute atomic E-state index is 0.0308. The summed E-state index contributed by atoms with van der Waals surface area (Å²) < 4.78 is 6.44. The van der Waals surface area contributed by atoms with Crippen LogP contribution in [0.3, 0.4) is 0 Å². The minimum Gasteiger partial charge on any atom is -0.463 e. The summed E-state index contributed by atoms with van der Waals surface area (Å²) in [7, 11) is 0. The van der Waals surface area contributed by atoms with Crippen LogP contribution in [0.1, 0.15) is 13.8 Å². The van der Waals surface area contributed by atoms with Crippen molar-refractivity contribution < 1.29 is 9.21 Å². The van der Waals surface area contributed by atoms with Crippen molar-refractivity contribution in [2.45, 2.75) is 20.4 Å². The van der Waals surface area contributed by atoms with Crippen molar-refractivity contribution >= 4 is 5.91 Å². The van der Waals surface area contributed by atoms with E-state index >= 15 is 0 Å². The highest BCUT2D eigenvalue weighted by atomic mass is 16.3. The second-order valence-corrected chi connectivity index (χ2v) is 4.92. The van der Waals surface area contributed by atoms with E-state index in [-0.39, 0.29) is 18.0 Å². The topological polar surface area (TPSA) is 77.1 Å². The molecule has 2 aromatic rings. The fourth-order valence-electron chi connectivity index (χ4n) is 1.63. The predicted octanol–water partition coefficient (Wildman–Crippen LogP) is 1.28. The van der Waals surface area contributed by atoms with Crippen molar-refractivity contribution in [2.75, 3.05) is 6.54 Å². The summed E-state index contributed by atoms with van der Waals surface area (Å²) in [5.41, 5.74) is 0.171. The number of furan rings is 1. The fraction of sp³-hybridized carbons (Fsp3) is 0.357. The first-order valence-electron chi connectivity index (χ1n) is 6.43. The average molecular weight is 275 g/mol. The quantitative estimate of drug-likeness (QED) is 0.891. The van der Waals surface area contributed by atoms with Gasteiger partial charge in [0.15, 0.2) is 5.76 Å². The van der Waals surface area contributed by atoms with Crippen LogP contribution < -0.4 is 10.9 Å². The molecule has 0 aromatic carbocycles. The van der Waals surface area contributed by atoms with E-state index < -0.39 is 0 Å². The Morgan fingerprint density at radius 1 is 1.50 bits per heavy atom. The Balaban J connectivity index is 2.07. The van der Waals surface area contributed by atoms with Crippen molar-refractivity contribution in [1.82, 2.24) is 14.9 Å². The van der Waals surface area contributed by atoms with Crippen LogP contribution in [0, 0.1) is 5.92 Å². The van der Waals surface area contributed by atoms with E-state index in [4.69, 9.17) is 4.42 Å². The van der Waals surface area contributed by atoms with Crippen molar-refractivity contribution in [3.8, 4) is 11.5 Å². The lowest BCUT2D eigenvalue weighted by Gasteiger charge is -2.09. The molecule has 0 aliphatic carbocycles. The lowest BCUT2D eigenvalue weighted by Crippen LogP contribution is -2.34. The molecule has 0 aliphatic heterocycles. The molecule has 1 N–H and O–H groups in total. The van der Waals surface area contributed by atoms with E-state index in [1.807, 2.05) is 13.8 Å². The second-order valence-electron chi connectivity index (χ2n) is 4.92. The summed E-state index contributed by atoms with van der Waals surface area (Å²) in [6.45, 7) is 4.57. The molecule has 2 aromatic heterocycles. The average Bonchev–Trinajstić information content (AvgIpc) is 2.92. The first-order chi connectivity index (χ1) is 9.56. The summed E-state index contributed by atoms with van der Waals surface area (Å²) in [6.07, 6.45) is 2.87. The predicted molar refractivity (Wildman–Crippen MR) is 74.0 cm³/mol. The standard InChI is InChI=1S/C14H17N3O3/c1-10(2)7-15-13(18)8-17-9-16-11(6-14(17)19)12-4-3-5-20-12/h3-6,9-10H,7-8H2,1-2H3,(H,15,18). The molecule has 1 amide bonds. The van der Waals surface area contributed by atoms with Crippen LogP contribution in [0.5, 0.6) is 0 Å². The molecule has 0 aliphatic rings. The molecule has 0 spiro atoms. The summed E-state index contributed by atoms with van der Waals surface area (Å²) in [5.74, 6) is 0.696. The van der Waals surface area contributed by atoms with Crippen LogP contribution in [-0.4, -0.2) is 22.0 Å². The number of rotatable bonds is 5. The minimum atomic E-state index is -0.286. The number of nitrogens with one attached hydrogen (secondary N) is 1. The van der Waals surface area contributed by atoms with Gasteiger partial charge < -0.3 is 9.73 Å². The van der Waals surface area contributed by atoms with Crippen LogP contribution >= 0.6 is 0 Å². The molecule has 6 heteroatoms. The number of nitrogens with zero attached hydrogens (tertiary/aromatic N) is 2. The highest BCUT2D eigenvalue weighted by Crippen LogP contribution is 2.14. The van der Waals surface area contributed by atoms with Crippen molar-refractivity contribution in [1.29, 1.82) is 0 Å². The van der Waals surface area contributed by atoms with Gasteiger partial charge in [0, 0.05) is 12.6 Å². The van der Waals surface area contributed by atoms with Gasteiger partial charge in [-0.05, 0) is 18.1 Å². The van der Waals surface area contributed by atoms with Crippen LogP contribution in [0.25, 0.3) is 11.5 Å². The molecule has 2 heterocycles. The third kappa shape index (κ3) is 3.57. The van der Waals surface area contributed by atoms with Gasteiger partial charge in [0.25, 0.3) is 5.56 Å². The van der Waals surface area contributed by atoms with E-state index in [0.717, 1.165) is 0 Å². The molecule has 20 heavy (non-hydrogen) atoms. The molecule has 0 bridgehead atoms. The molecule has 0 unspecified atom stereocenters. The van der Waals surface area contributed by atoms with Gasteiger partial charge in [-0.25, -0.2) is 4.98 Å². The lowest BCUT2D eigenvalue weighted by atomic mass is 10.2. The number of carbonyl (C=O) groups excluding carboxylic acids is 1. The van der Waals surface area contributed by atoms with Gasteiger partial charge in [-0.2, -0.15) is 0 Å². The highest BCUT2D eigenvalue weighted by Gasteiger charge is 2.08. The van der Waals surface area contributed by atoms with E-state index in [1.165, 1.54) is 23.2 Å². The van der Waals surface area contributed by atoms with Gasteiger partial charge in [-0.3, -0.25) is 14.2 Å². The molecule has 6 nitrogen and oxygen atoms in total. The van der Waals surface area contributed by atoms with E-state index in [2.05, 4.69) is 10.3 Å². The van der Waals surface area contributed by atoms with Crippen LogP contribution in [0.15, 0.2) is 40.0 Å². The highest BCUT2D eigenvalue weighted by molar-refractivity contribution is 5.75. The first kappa shape index (κ1) is 14.0. The second kappa shape index (κ2) is 6.18. The smallest absolute Gasteiger partial charge is 0.254 e. The summed E-state index contributed by atoms with van der Waals surface area (Å²) in [6, 6.07) is 4.80. The summed E-state index contributed by atoms with van der Waals surface area (Å²) >= 11 is 0. The number of hydrogen-bond acceptors (Lipinski definition) is 4. The lowest BCUT2D eigenvalue weighted by molar-refractivity contribution is -0.121. The van der Waals surface area contributed by atoms with Gasteiger partial charge >= 0.3 is 0 Å². The van der Waals surface area contributed by atoms with Gasteiger partial charge in [0.05, 0.1) is 12.6 Å². The van der Waals surface area contributed by atoms with Gasteiger partial charge in [0.2, 0.25) is 5.91 Å². The zero-order valence-corrected chi connectivity index (χ0v) is 11.5. The Kier molecular flexibility index (Phi) is 4.34. The molecule has 0 radical (unpaired) electrons. The molecular weight excluding hydrogens is 258 g/mol. The Hall–Kier alpha value is -2.37. The number of amides is 1. The van der Waals surface area contributed by atoms with Crippen molar-refractivity contribution in [2.24, 2.45) is 5.92 Å². The molecule has 0 saturated heterocycles. The van der Waals surface area contributed by atoms with Gasteiger partial charge in [0.1, 0.15) is 12.2 Å². The Labute approximate surface area is 116 Å². The molecule has 0 atom stereocenters. The summed E-state index contributed by atoms with van der Waals surface area (Å²) in [4.78, 5) is 27.7. The van der Waals surface area contributed by atoms with Gasteiger partial charge in [-0.15, -0.1) is 0 Å². The molecule has 106 valence electrons. The van der Waals surface area contributed by atoms with Crippen molar-refractivity contribution in [3.63, 3.8) is 0 Å². The van der Waals surface area contributed by atoms with Crippen LogP contribution in [0.4, 0.5) is 0 Å². The number of hydrogen-bond donors (Lipinski definition) is 1. The molecule has 2 rings (SSSR count). The van der Waals surface area contributed by atoms with E-state index in [9.17, 15) is 9.59 Å². The maximum absolute atomic E-state index is 11.9. The van der Waals surface area contributed by atoms with Crippen LogP contribution in [-0.2, 0) is 11.3 Å². The third-order valence-corrected chi connectivity index (χ3v) is 2.67. The number of aromatic nitrogens is 2. The maximum atomic E-state index is 11.9. The number of carbonyl (C=O) groups is 1. The first-order valence-corrected chi connectivity index (χ1v) is 6.43. The largest absolute Gasteiger partial charge is 0.463 e. The van der Waals surface area contributed by atoms with Crippen LogP contribution in [0.2, 0.25) is 0 Å². The Bertz CT molecular complexity index is 629. The third-order valence-electron chi connectivity index (χ3n) is 2.67. The van der Waals surface area contributed by atoms with Crippen molar-refractivity contribution in [3.05, 3.63) is 41.1 Å². The zero-order valence-electron chi connectivity index (χ0n) is 11.5. The van der Waals surface area contributed by atoms with E-state index in [1.54, 1.807) is 12.1 Å². The molecular formula is C14H17N3O3. The monoisotopic (exact) mass is 275 g/mol.